The molecule has 0 aliphatic rings. The molecule has 0 saturated heterocycles. The third-order valence-corrected chi connectivity index (χ3v) is 2.51. The largest absolute Gasteiger partial charge is 0.393 e. The molecular formula is C10H13Cl2N3O2. The highest BCUT2D eigenvalue weighted by atomic mass is 35.5. The average molecular weight is 278 g/mol. The molecule has 0 fully saturated rings. The number of aliphatic hydroxyl groups excluding tert-OH is 1. The Balaban J connectivity index is 2.49. The van der Waals surface area contributed by atoms with Gasteiger partial charge in [-0.25, -0.2) is 0 Å². The summed E-state index contributed by atoms with van der Waals surface area (Å²) < 4.78 is 0. The Morgan fingerprint density at radius 3 is 2.88 bits per heavy atom. The average Bonchev–Trinajstić information content (AvgIpc) is 2.27. The van der Waals surface area contributed by atoms with Crippen molar-refractivity contribution in [1.29, 1.82) is 0 Å². The van der Waals surface area contributed by atoms with E-state index < -0.39 is 0 Å². The van der Waals surface area contributed by atoms with Gasteiger partial charge in [-0.3, -0.25) is 4.79 Å². The number of rotatable bonds is 5. The number of halogens is 2. The van der Waals surface area contributed by atoms with Gasteiger partial charge in [0.1, 0.15) is 0 Å². The van der Waals surface area contributed by atoms with Crippen molar-refractivity contribution in [1.82, 2.24) is 15.5 Å². The summed E-state index contributed by atoms with van der Waals surface area (Å²) in [5, 5.41) is 18.9. The third-order valence-electron chi connectivity index (χ3n) is 2.05. The predicted octanol–water partition coefficient (Wildman–Crippen LogP) is 1.67. The van der Waals surface area contributed by atoms with E-state index in [1.165, 1.54) is 6.07 Å². The van der Waals surface area contributed by atoms with Gasteiger partial charge in [0.05, 0.1) is 11.7 Å². The first-order chi connectivity index (χ1) is 8.00. The van der Waals surface area contributed by atoms with Crippen LogP contribution in [0.3, 0.4) is 0 Å². The van der Waals surface area contributed by atoms with E-state index in [2.05, 4.69) is 15.5 Å². The second kappa shape index (κ2) is 6.74. The molecule has 0 radical (unpaired) electrons. The van der Waals surface area contributed by atoms with Gasteiger partial charge in [0.15, 0.2) is 10.3 Å². The standard InChI is InChI=1S/C10H13Cl2N3O2/c1-6(16)3-2-4-13-10(17)7-5-8(11)14-15-9(7)12/h5-6,16H,2-4H2,1H3,(H,13,17). The van der Waals surface area contributed by atoms with Gasteiger partial charge >= 0.3 is 0 Å². The summed E-state index contributed by atoms with van der Waals surface area (Å²) in [6, 6.07) is 1.36. The molecule has 17 heavy (non-hydrogen) atoms. The second-order valence-corrected chi connectivity index (χ2v) is 4.36. The molecule has 0 aromatic carbocycles. The number of hydrogen-bond donors (Lipinski definition) is 2. The molecule has 94 valence electrons. The molecule has 7 heteroatoms. The fourth-order valence-electron chi connectivity index (χ4n) is 1.21. The highest BCUT2D eigenvalue weighted by molar-refractivity contribution is 6.34. The number of aromatic nitrogens is 2. The number of carbonyl (C=O) groups is 1. The maximum atomic E-state index is 11.7. The number of aliphatic hydroxyl groups is 1. The van der Waals surface area contributed by atoms with Gasteiger partial charge < -0.3 is 10.4 Å². The van der Waals surface area contributed by atoms with Crippen molar-refractivity contribution in [3.05, 3.63) is 21.9 Å². The minimum Gasteiger partial charge on any atom is -0.393 e. The summed E-state index contributed by atoms with van der Waals surface area (Å²) in [7, 11) is 0. The van der Waals surface area contributed by atoms with E-state index in [0.717, 1.165) is 0 Å². The zero-order valence-electron chi connectivity index (χ0n) is 9.28. The maximum Gasteiger partial charge on any atom is 0.254 e. The van der Waals surface area contributed by atoms with Crippen LogP contribution < -0.4 is 5.32 Å². The molecule has 2 N–H and O–H groups in total. The molecule has 1 aromatic rings. The van der Waals surface area contributed by atoms with Crippen molar-refractivity contribution in [3.8, 4) is 0 Å². The number of hydrogen-bond acceptors (Lipinski definition) is 4. The van der Waals surface area contributed by atoms with E-state index in [9.17, 15) is 4.79 Å². The normalized spacial score (nSPS) is 12.2. The Morgan fingerprint density at radius 2 is 2.24 bits per heavy atom. The van der Waals surface area contributed by atoms with Crippen LogP contribution in [-0.4, -0.2) is 33.9 Å². The van der Waals surface area contributed by atoms with Gasteiger partial charge in [-0.15, -0.1) is 10.2 Å². The Labute approximate surface area is 109 Å². The van der Waals surface area contributed by atoms with Gasteiger partial charge in [-0.1, -0.05) is 23.2 Å². The van der Waals surface area contributed by atoms with Crippen molar-refractivity contribution >= 4 is 29.1 Å². The summed E-state index contributed by atoms with van der Waals surface area (Å²) in [5.41, 5.74) is 0.198. The zero-order chi connectivity index (χ0) is 12.8. The van der Waals surface area contributed by atoms with Crippen molar-refractivity contribution in [3.63, 3.8) is 0 Å². The lowest BCUT2D eigenvalue weighted by Gasteiger charge is -2.07. The molecule has 1 amide bonds. The van der Waals surface area contributed by atoms with Crippen LogP contribution in [0.1, 0.15) is 30.1 Å². The van der Waals surface area contributed by atoms with Crippen LogP contribution in [0.2, 0.25) is 10.3 Å². The predicted molar refractivity (Wildman–Crippen MR) is 65.3 cm³/mol. The van der Waals surface area contributed by atoms with Crippen molar-refractivity contribution < 1.29 is 9.90 Å². The minimum atomic E-state index is -0.368. The fraction of sp³-hybridized carbons (Fsp3) is 0.500. The van der Waals surface area contributed by atoms with E-state index in [1.807, 2.05) is 0 Å². The zero-order valence-corrected chi connectivity index (χ0v) is 10.8. The lowest BCUT2D eigenvalue weighted by molar-refractivity contribution is 0.0949. The van der Waals surface area contributed by atoms with Crippen molar-refractivity contribution in [2.45, 2.75) is 25.9 Å². The summed E-state index contributed by atoms with van der Waals surface area (Å²) in [6.07, 6.45) is 0.948. The Morgan fingerprint density at radius 1 is 1.53 bits per heavy atom. The highest BCUT2D eigenvalue weighted by Crippen LogP contribution is 2.14. The molecule has 0 bridgehead atoms. The van der Waals surface area contributed by atoms with Crippen LogP contribution in [0.15, 0.2) is 6.07 Å². The number of carbonyl (C=O) groups excluding carboxylic acids is 1. The first kappa shape index (κ1) is 14.2. The molecule has 0 aliphatic heterocycles. The highest BCUT2D eigenvalue weighted by Gasteiger charge is 2.12. The summed E-state index contributed by atoms with van der Waals surface area (Å²) >= 11 is 11.3. The lowest BCUT2D eigenvalue weighted by atomic mass is 10.2. The van der Waals surface area contributed by atoms with Gasteiger partial charge in [0, 0.05) is 6.54 Å². The van der Waals surface area contributed by atoms with Crippen LogP contribution in [0, 0.1) is 0 Å². The summed E-state index contributed by atoms with van der Waals surface area (Å²) in [6.45, 7) is 2.16. The number of amides is 1. The van der Waals surface area contributed by atoms with Gasteiger partial charge in [0.25, 0.3) is 5.91 Å². The Bertz CT molecular complexity index is 399. The van der Waals surface area contributed by atoms with Crippen LogP contribution in [0.4, 0.5) is 0 Å². The Hall–Kier alpha value is -0.910. The van der Waals surface area contributed by atoms with Crippen LogP contribution in [-0.2, 0) is 0 Å². The molecule has 1 rings (SSSR count). The Kier molecular flexibility index (Phi) is 5.61. The van der Waals surface area contributed by atoms with Crippen LogP contribution in [0.25, 0.3) is 0 Å². The van der Waals surface area contributed by atoms with Crippen molar-refractivity contribution in [2.75, 3.05) is 6.54 Å². The fourth-order valence-corrected chi connectivity index (χ4v) is 1.53. The van der Waals surface area contributed by atoms with Gasteiger partial charge in [0.2, 0.25) is 0 Å². The quantitative estimate of drug-likeness (QED) is 0.803. The van der Waals surface area contributed by atoms with E-state index in [1.54, 1.807) is 6.92 Å². The molecule has 0 spiro atoms. The van der Waals surface area contributed by atoms with E-state index in [0.29, 0.717) is 19.4 Å². The molecule has 1 heterocycles. The SMILES string of the molecule is CC(O)CCCNC(=O)c1cc(Cl)nnc1Cl. The van der Waals surface area contributed by atoms with E-state index in [4.69, 9.17) is 28.3 Å². The topological polar surface area (TPSA) is 75.1 Å². The molecule has 1 atom stereocenters. The molecule has 0 saturated carbocycles. The second-order valence-electron chi connectivity index (χ2n) is 3.62. The number of nitrogens with zero attached hydrogens (tertiary/aromatic N) is 2. The van der Waals surface area contributed by atoms with Gasteiger partial charge in [-0.05, 0) is 25.8 Å². The molecule has 1 aromatic heterocycles. The van der Waals surface area contributed by atoms with Crippen molar-refractivity contribution in [2.24, 2.45) is 0 Å². The lowest BCUT2D eigenvalue weighted by Crippen LogP contribution is -2.25. The first-order valence-electron chi connectivity index (χ1n) is 5.15. The summed E-state index contributed by atoms with van der Waals surface area (Å²) in [5.74, 6) is -0.350. The summed E-state index contributed by atoms with van der Waals surface area (Å²) in [4.78, 5) is 11.7. The molecule has 5 nitrogen and oxygen atoms in total. The minimum absolute atomic E-state index is 0.0161. The molecular weight excluding hydrogens is 265 g/mol. The first-order valence-corrected chi connectivity index (χ1v) is 5.91. The molecule has 1 unspecified atom stereocenters. The molecule has 0 aliphatic carbocycles. The van der Waals surface area contributed by atoms with E-state index >= 15 is 0 Å². The van der Waals surface area contributed by atoms with Crippen LogP contribution in [0.5, 0.6) is 0 Å². The monoisotopic (exact) mass is 277 g/mol. The van der Waals surface area contributed by atoms with E-state index in [-0.39, 0.29) is 27.9 Å². The smallest absolute Gasteiger partial charge is 0.254 e. The van der Waals surface area contributed by atoms with Crippen LogP contribution >= 0.6 is 23.2 Å². The number of nitrogens with one attached hydrogen (secondary N) is 1. The maximum absolute atomic E-state index is 11.7. The third kappa shape index (κ3) is 4.85. The van der Waals surface area contributed by atoms with Gasteiger partial charge in [-0.2, -0.15) is 0 Å².